The van der Waals surface area contributed by atoms with Crippen molar-refractivity contribution < 1.29 is 8.78 Å². The van der Waals surface area contributed by atoms with E-state index in [9.17, 15) is 8.78 Å². The van der Waals surface area contributed by atoms with Crippen LogP contribution in [0.2, 0.25) is 0 Å². The van der Waals surface area contributed by atoms with E-state index in [2.05, 4.69) is 4.98 Å². The van der Waals surface area contributed by atoms with E-state index in [0.29, 0.717) is 5.69 Å². The predicted octanol–water partition coefficient (Wildman–Crippen LogP) is 4.60. The Morgan fingerprint density at radius 1 is 1.10 bits per heavy atom. The predicted molar refractivity (Wildman–Crippen MR) is 81.0 cm³/mol. The minimum Gasteiger partial charge on any atom is -0.319 e. The molecule has 2 N–H and O–H groups in total. The molecular formula is C16H18F2N2S. The molecule has 112 valence electrons. The number of nitrogens with zero attached hydrogens (tertiary/aromatic N) is 1. The third-order valence-electron chi connectivity index (χ3n) is 4.15. The van der Waals surface area contributed by atoms with Gasteiger partial charge in [0.1, 0.15) is 5.01 Å². The Labute approximate surface area is 127 Å². The van der Waals surface area contributed by atoms with Gasteiger partial charge in [0.05, 0.1) is 11.2 Å². The summed E-state index contributed by atoms with van der Waals surface area (Å²) >= 11 is 1.45. The third-order valence-corrected chi connectivity index (χ3v) is 5.22. The van der Waals surface area contributed by atoms with Crippen LogP contribution in [0, 0.1) is 11.6 Å². The van der Waals surface area contributed by atoms with E-state index in [1.54, 1.807) is 11.4 Å². The standard InChI is InChI=1S/C16H18F2N2S/c17-12-7-5-6-11(14(12)18)13-10-21-15(20-13)16(19)8-3-1-2-4-9-16/h5-7,10H,1-4,8-9,19H2. The molecule has 0 saturated heterocycles. The van der Waals surface area contributed by atoms with Gasteiger partial charge >= 0.3 is 0 Å². The molecule has 2 aromatic rings. The van der Waals surface area contributed by atoms with Crippen LogP contribution >= 0.6 is 11.3 Å². The lowest BCUT2D eigenvalue weighted by Gasteiger charge is -2.25. The molecule has 0 radical (unpaired) electrons. The molecule has 0 bridgehead atoms. The van der Waals surface area contributed by atoms with Crippen LogP contribution in [-0.2, 0) is 5.54 Å². The highest BCUT2D eigenvalue weighted by Gasteiger charge is 2.31. The van der Waals surface area contributed by atoms with Gasteiger partial charge in [-0.05, 0) is 25.0 Å². The van der Waals surface area contributed by atoms with E-state index < -0.39 is 17.2 Å². The molecule has 1 heterocycles. The van der Waals surface area contributed by atoms with Gasteiger partial charge < -0.3 is 5.73 Å². The Morgan fingerprint density at radius 3 is 2.52 bits per heavy atom. The van der Waals surface area contributed by atoms with Crippen molar-refractivity contribution in [2.75, 3.05) is 0 Å². The second-order valence-corrected chi connectivity index (χ2v) is 6.57. The van der Waals surface area contributed by atoms with E-state index in [0.717, 1.165) is 36.8 Å². The van der Waals surface area contributed by atoms with Crippen LogP contribution in [0.15, 0.2) is 23.6 Å². The van der Waals surface area contributed by atoms with Crippen molar-refractivity contribution in [1.29, 1.82) is 0 Å². The number of hydrogen-bond acceptors (Lipinski definition) is 3. The summed E-state index contributed by atoms with van der Waals surface area (Å²) in [6, 6.07) is 4.16. The molecule has 1 saturated carbocycles. The topological polar surface area (TPSA) is 38.9 Å². The number of rotatable bonds is 2. The summed E-state index contributed by atoms with van der Waals surface area (Å²) in [4.78, 5) is 4.51. The first kappa shape index (κ1) is 14.6. The first-order chi connectivity index (χ1) is 10.1. The van der Waals surface area contributed by atoms with E-state index in [1.165, 1.54) is 30.2 Å². The lowest BCUT2D eigenvalue weighted by atomic mass is 9.92. The van der Waals surface area contributed by atoms with Crippen molar-refractivity contribution in [2.24, 2.45) is 5.73 Å². The summed E-state index contributed by atoms with van der Waals surface area (Å²) in [5.74, 6) is -1.69. The Kier molecular flexibility index (Phi) is 4.04. The molecule has 21 heavy (non-hydrogen) atoms. The van der Waals surface area contributed by atoms with Crippen molar-refractivity contribution in [3.63, 3.8) is 0 Å². The second kappa shape index (κ2) is 5.81. The summed E-state index contributed by atoms with van der Waals surface area (Å²) in [5, 5.41) is 2.61. The van der Waals surface area contributed by atoms with Gasteiger partial charge in [0.2, 0.25) is 0 Å². The van der Waals surface area contributed by atoms with Crippen LogP contribution in [0.3, 0.4) is 0 Å². The van der Waals surface area contributed by atoms with Gasteiger partial charge in [-0.1, -0.05) is 31.7 Å². The van der Waals surface area contributed by atoms with Crippen LogP contribution in [0.4, 0.5) is 8.78 Å². The number of halogens is 2. The molecule has 0 aliphatic heterocycles. The Morgan fingerprint density at radius 2 is 1.81 bits per heavy atom. The van der Waals surface area contributed by atoms with Crippen LogP contribution in [0.1, 0.15) is 43.5 Å². The first-order valence-corrected chi connectivity index (χ1v) is 8.17. The molecule has 0 amide bonds. The van der Waals surface area contributed by atoms with Crippen LogP contribution in [0.25, 0.3) is 11.3 Å². The fourth-order valence-corrected chi connectivity index (χ4v) is 3.89. The molecule has 5 heteroatoms. The van der Waals surface area contributed by atoms with Gasteiger partial charge in [-0.25, -0.2) is 13.8 Å². The Bertz CT molecular complexity index is 631. The van der Waals surface area contributed by atoms with Gasteiger partial charge in [-0.3, -0.25) is 0 Å². The largest absolute Gasteiger partial charge is 0.319 e. The lowest BCUT2D eigenvalue weighted by Crippen LogP contribution is -2.35. The Balaban J connectivity index is 1.94. The van der Waals surface area contributed by atoms with Gasteiger partial charge in [0, 0.05) is 10.9 Å². The molecule has 0 unspecified atom stereocenters. The third kappa shape index (κ3) is 2.85. The van der Waals surface area contributed by atoms with Crippen molar-refractivity contribution >= 4 is 11.3 Å². The lowest BCUT2D eigenvalue weighted by molar-refractivity contribution is 0.384. The molecule has 1 aliphatic carbocycles. The van der Waals surface area contributed by atoms with Crippen molar-refractivity contribution in [2.45, 2.75) is 44.1 Å². The molecule has 2 nitrogen and oxygen atoms in total. The minimum absolute atomic E-state index is 0.203. The minimum atomic E-state index is -0.848. The highest BCUT2D eigenvalue weighted by Crippen LogP contribution is 2.37. The van der Waals surface area contributed by atoms with E-state index in [-0.39, 0.29) is 5.56 Å². The molecule has 1 fully saturated rings. The van der Waals surface area contributed by atoms with Gasteiger partial charge in [-0.15, -0.1) is 11.3 Å². The zero-order valence-electron chi connectivity index (χ0n) is 11.7. The summed E-state index contributed by atoms with van der Waals surface area (Å²) < 4.78 is 27.2. The van der Waals surface area contributed by atoms with Gasteiger partial charge in [-0.2, -0.15) is 0 Å². The van der Waals surface area contributed by atoms with Crippen molar-refractivity contribution in [1.82, 2.24) is 4.98 Å². The SMILES string of the molecule is NC1(c2nc(-c3cccc(F)c3F)cs2)CCCCCC1. The molecule has 3 rings (SSSR count). The summed E-state index contributed by atoms with van der Waals surface area (Å²) in [6.45, 7) is 0. The van der Waals surface area contributed by atoms with Gasteiger partial charge in [0.25, 0.3) is 0 Å². The Hall–Kier alpha value is -1.33. The maximum Gasteiger partial charge on any atom is 0.168 e. The smallest absolute Gasteiger partial charge is 0.168 e. The number of aromatic nitrogens is 1. The monoisotopic (exact) mass is 308 g/mol. The number of hydrogen-bond donors (Lipinski definition) is 1. The second-order valence-electron chi connectivity index (χ2n) is 5.71. The summed E-state index contributed by atoms with van der Waals surface area (Å²) in [5.41, 5.74) is 6.78. The molecule has 0 atom stereocenters. The van der Waals surface area contributed by atoms with Crippen molar-refractivity contribution in [3.05, 3.63) is 40.2 Å². The molecule has 1 aliphatic rings. The summed E-state index contributed by atoms with van der Waals surface area (Å²) in [6.07, 6.45) is 6.42. The maximum absolute atomic E-state index is 13.9. The maximum atomic E-state index is 13.9. The summed E-state index contributed by atoms with van der Waals surface area (Å²) in [7, 11) is 0. The molecule has 0 spiro atoms. The molecular weight excluding hydrogens is 290 g/mol. The van der Waals surface area contributed by atoms with Crippen molar-refractivity contribution in [3.8, 4) is 11.3 Å². The highest BCUT2D eigenvalue weighted by molar-refractivity contribution is 7.10. The normalized spacial score (nSPS) is 18.4. The van der Waals surface area contributed by atoms with Gasteiger partial charge in [0.15, 0.2) is 11.6 Å². The van der Waals surface area contributed by atoms with E-state index in [4.69, 9.17) is 5.73 Å². The van der Waals surface area contributed by atoms with E-state index in [1.807, 2.05) is 0 Å². The first-order valence-electron chi connectivity index (χ1n) is 7.29. The fraction of sp³-hybridized carbons (Fsp3) is 0.438. The number of nitrogens with two attached hydrogens (primary N) is 1. The fourth-order valence-electron chi connectivity index (χ4n) is 2.90. The quantitative estimate of drug-likeness (QED) is 0.824. The van der Waals surface area contributed by atoms with Crippen LogP contribution in [-0.4, -0.2) is 4.98 Å². The zero-order valence-corrected chi connectivity index (χ0v) is 12.6. The van der Waals surface area contributed by atoms with E-state index >= 15 is 0 Å². The average molecular weight is 308 g/mol. The van der Waals surface area contributed by atoms with Crippen LogP contribution in [0.5, 0.6) is 0 Å². The molecule has 1 aromatic heterocycles. The average Bonchev–Trinajstić information content (AvgIpc) is 2.86. The number of thiazole rings is 1. The van der Waals surface area contributed by atoms with Crippen LogP contribution < -0.4 is 5.73 Å². The molecule has 1 aromatic carbocycles. The zero-order chi connectivity index (χ0) is 14.9. The highest BCUT2D eigenvalue weighted by atomic mass is 32.1. The number of benzene rings is 1.